The minimum atomic E-state index is -0.240. The molecule has 5 nitrogen and oxygen atoms in total. The summed E-state index contributed by atoms with van der Waals surface area (Å²) in [4.78, 5) is 27.7. The van der Waals surface area contributed by atoms with Crippen LogP contribution < -0.4 is 10.6 Å². The summed E-state index contributed by atoms with van der Waals surface area (Å²) in [7, 11) is 0. The highest BCUT2D eigenvalue weighted by Crippen LogP contribution is 2.30. The molecule has 3 rings (SSSR count). The van der Waals surface area contributed by atoms with E-state index in [0.29, 0.717) is 22.3 Å². The van der Waals surface area contributed by atoms with Gasteiger partial charge in [-0.2, -0.15) is 0 Å². The molecule has 0 unspecified atom stereocenters. The van der Waals surface area contributed by atoms with Crippen LogP contribution in [0, 0.1) is 0 Å². The summed E-state index contributed by atoms with van der Waals surface area (Å²) in [6.45, 7) is 1.90. The Bertz CT molecular complexity index is 938. The Hall–Kier alpha value is -2.70. The van der Waals surface area contributed by atoms with E-state index < -0.39 is 0 Å². The van der Waals surface area contributed by atoms with E-state index in [2.05, 4.69) is 15.6 Å². The maximum Gasteiger partial charge on any atom is 0.257 e. The van der Waals surface area contributed by atoms with Gasteiger partial charge < -0.3 is 5.32 Å². The van der Waals surface area contributed by atoms with Gasteiger partial charge in [0.1, 0.15) is 0 Å². The fourth-order valence-electron chi connectivity index (χ4n) is 2.29. The van der Waals surface area contributed by atoms with Gasteiger partial charge in [0.05, 0.1) is 5.69 Å². The minimum Gasteiger partial charge on any atom is -0.352 e. The van der Waals surface area contributed by atoms with Crippen molar-refractivity contribution < 1.29 is 9.59 Å². The van der Waals surface area contributed by atoms with Crippen molar-refractivity contribution in [2.24, 2.45) is 0 Å². The molecule has 0 aliphatic heterocycles. The summed E-state index contributed by atoms with van der Waals surface area (Å²) < 4.78 is 0. The average molecular weight is 386 g/mol. The van der Waals surface area contributed by atoms with E-state index in [1.54, 1.807) is 18.2 Å². The summed E-state index contributed by atoms with van der Waals surface area (Å²) in [6.07, 6.45) is 0. The molecule has 26 heavy (non-hydrogen) atoms. The predicted octanol–water partition coefficient (Wildman–Crippen LogP) is 4.35. The highest BCUT2D eigenvalue weighted by atomic mass is 35.5. The highest BCUT2D eigenvalue weighted by Gasteiger charge is 2.11. The number of hydrogen-bond donors (Lipinski definition) is 2. The molecule has 0 aliphatic carbocycles. The van der Waals surface area contributed by atoms with Gasteiger partial charge in [0.25, 0.3) is 5.91 Å². The van der Waals surface area contributed by atoms with Crippen LogP contribution >= 0.6 is 22.9 Å². The number of rotatable bonds is 5. The number of carbonyl (C=O) groups is 2. The van der Waals surface area contributed by atoms with Crippen LogP contribution in [0.4, 0.5) is 5.13 Å². The van der Waals surface area contributed by atoms with E-state index in [0.717, 1.165) is 16.8 Å². The molecule has 132 valence electrons. The number of benzene rings is 2. The van der Waals surface area contributed by atoms with Crippen LogP contribution in [0.1, 0.15) is 22.8 Å². The monoisotopic (exact) mass is 385 g/mol. The van der Waals surface area contributed by atoms with Crippen LogP contribution in [0.25, 0.3) is 11.3 Å². The summed E-state index contributed by atoms with van der Waals surface area (Å²) >= 11 is 7.52. The molecule has 0 bridgehead atoms. The van der Waals surface area contributed by atoms with E-state index in [4.69, 9.17) is 11.6 Å². The highest BCUT2D eigenvalue weighted by molar-refractivity contribution is 7.14. The molecule has 0 saturated heterocycles. The van der Waals surface area contributed by atoms with E-state index in [1.165, 1.54) is 18.3 Å². The average Bonchev–Trinajstić information content (AvgIpc) is 3.09. The molecule has 0 saturated carbocycles. The Morgan fingerprint density at radius 2 is 1.85 bits per heavy atom. The number of nitrogens with one attached hydrogen (secondary N) is 2. The summed E-state index contributed by atoms with van der Waals surface area (Å²) in [5, 5.41) is 8.49. The zero-order chi connectivity index (χ0) is 18.5. The standard InChI is InChI=1S/C19H16ClN3O2S/c1-12(24)21-10-13-6-8-14(9-7-13)18(25)23-19-22-17(11-26-19)15-4-2-3-5-16(15)20/h2-9,11H,10H2,1H3,(H,21,24)(H,22,23,25). The Labute approximate surface area is 160 Å². The maximum atomic E-state index is 12.4. The van der Waals surface area contributed by atoms with Crippen LogP contribution in [0.5, 0.6) is 0 Å². The molecule has 0 atom stereocenters. The van der Waals surface area contributed by atoms with Crippen molar-refractivity contribution in [3.05, 3.63) is 70.1 Å². The molecule has 2 amide bonds. The lowest BCUT2D eigenvalue weighted by atomic mass is 10.1. The Morgan fingerprint density at radius 3 is 2.54 bits per heavy atom. The molecule has 1 heterocycles. The van der Waals surface area contributed by atoms with Crippen molar-refractivity contribution in [3.8, 4) is 11.3 Å². The second kappa shape index (κ2) is 8.12. The van der Waals surface area contributed by atoms with Gasteiger partial charge in [0.15, 0.2) is 5.13 Å². The van der Waals surface area contributed by atoms with Crippen molar-refractivity contribution in [1.29, 1.82) is 0 Å². The lowest BCUT2D eigenvalue weighted by molar-refractivity contribution is -0.119. The van der Waals surface area contributed by atoms with Gasteiger partial charge in [0, 0.05) is 35.0 Å². The molecule has 0 aliphatic rings. The van der Waals surface area contributed by atoms with Crippen LogP contribution in [-0.4, -0.2) is 16.8 Å². The third-order valence-corrected chi connectivity index (χ3v) is 4.72. The van der Waals surface area contributed by atoms with Gasteiger partial charge in [-0.1, -0.05) is 41.9 Å². The smallest absolute Gasteiger partial charge is 0.257 e. The predicted molar refractivity (Wildman–Crippen MR) is 104 cm³/mol. The second-order valence-electron chi connectivity index (χ2n) is 5.58. The molecule has 3 aromatic rings. The van der Waals surface area contributed by atoms with Crippen LogP contribution in [0.2, 0.25) is 5.02 Å². The number of nitrogens with zero attached hydrogens (tertiary/aromatic N) is 1. The first kappa shape index (κ1) is 18.1. The normalized spacial score (nSPS) is 10.4. The molecule has 2 aromatic carbocycles. The molecule has 7 heteroatoms. The molecule has 0 radical (unpaired) electrons. The van der Waals surface area contributed by atoms with Crippen molar-refractivity contribution in [2.45, 2.75) is 13.5 Å². The van der Waals surface area contributed by atoms with Gasteiger partial charge in [-0.05, 0) is 23.8 Å². The van der Waals surface area contributed by atoms with Crippen molar-refractivity contribution in [3.63, 3.8) is 0 Å². The van der Waals surface area contributed by atoms with Crippen LogP contribution in [-0.2, 0) is 11.3 Å². The van der Waals surface area contributed by atoms with Crippen molar-refractivity contribution >= 4 is 39.9 Å². The number of hydrogen-bond acceptors (Lipinski definition) is 4. The van der Waals surface area contributed by atoms with Crippen LogP contribution in [0.15, 0.2) is 53.9 Å². The van der Waals surface area contributed by atoms with Gasteiger partial charge in [-0.3, -0.25) is 14.9 Å². The topological polar surface area (TPSA) is 71.1 Å². The SMILES string of the molecule is CC(=O)NCc1ccc(C(=O)Nc2nc(-c3ccccc3Cl)cs2)cc1. The Balaban J connectivity index is 1.67. The number of amides is 2. The van der Waals surface area contributed by atoms with E-state index in [1.807, 2.05) is 35.7 Å². The maximum absolute atomic E-state index is 12.4. The fraction of sp³-hybridized carbons (Fsp3) is 0.105. The third kappa shape index (κ3) is 4.47. The number of anilines is 1. The third-order valence-electron chi connectivity index (χ3n) is 3.63. The quantitative estimate of drug-likeness (QED) is 0.685. The summed E-state index contributed by atoms with van der Waals surface area (Å²) in [6, 6.07) is 14.5. The first-order valence-corrected chi connectivity index (χ1v) is 9.14. The molecule has 0 fully saturated rings. The van der Waals surface area contributed by atoms with E-state index in [9.17, 15) is 9.59 Å². The zero-order valence-electron chi connectivity index (χ0n) is 14.0. The lowest BCUT2D eigenvalue weighted by Gasteiger charge is -2.05. The Morgan fingerprint density at radius 1 is 1.12 bits per heavy atom. The zero-order valence-corrected chi connectivity index (χ0v) is 15.5. The summed E-state index contributed by atoms with van der Waals surface area (Å²) in [5.74, 6) is -0.332. The first-order valence-electron chi connectivity index (χ1n) is 7.88. The van der Waals surface area contributed by atoms with E-state index >= 15 is 0 Å². The molecule has 2 N–H and O–H groups in total. The number of carbonyl (C=O) groups excluding carboxylic acids is 2. The molecule has 0 spiro atoms. The molecule has 1 aromatic heterocycles. The molecular weight excluding hydrogens is 370 g/mol. The fourth-order valence-corrected chi connectivity index (χ4v) is 3.23. The van der Waals surface area contributed by atoms with Gasteiger partial charge in [-0.25, -0.2) is 4.98 Å². The van der Waals surface area contributed by atoms with Crippen LogP contribution in [0.3, 0.4) is 0 Å². The van der Waals surface area contributed by atoms with Gasteiger partial charge >= 0.3 is 0 Å². The van der Waals surface area contributed by atoms with Gasteiger partial charge in [-0.15, -0.1) is 11.3 Å². The van der Waals surface area contributed by atoms with Gasteiger partial charge in [0.2, 0.25) is 5.91 Å². The Kier molecular flexibility index (Phi) is 5.65. The first-order chi connectivity index (χ1) is 12.5. The van der Waals surface area contributed by atoms with Crippen molar-refractivity contribution in [2.75, 3.05) is 5.32 Å². The second-order valence-corrected chi connectivity index (χ2v) is 6.84. The van der Waals surface area contributed by atoms with E-state index in [-0.39, 0.29) is 11.8 Å². The summed E-state index contributed by atoms with van der Waals surface area (Å²) in [5.41, 5.74) is 2.99. The largest absolute Gasteiger partial charge is 0.352 e. The number of halogens is 1. The lowest BCUT2D eigenvalue weighted by Crippen LogP contribution is -2.19. The number of thiazole rings is 1. The molecular formula is C19H16ClN3O2S. The number of aromatic nitrogens is 1. The minimum absolute atomic E-state index is 0.0927. The van der Waals surface area contributed by atoms with Crippen molar-refractivity contribution in [1.82, 2.24) is 10.3 Å².